The Kier molecular flexibility index (Phi) is 12.3. The van der Waals surface area contributed by atoms with Crippen LogP contribution >= 0.6 is 0 Å². The number of hydrogen-bond donors (Lipinski definition) is 0. The number of halogens is 1. The Morgan fingerprint density at radius 3 is 1.95 bits per heavy atom. The molecule has 4 aromatic rings. The molecule has 2 radical (unpaired) electrons. The summed E-state index contributed by atoms with van der Waals surface area (Å²) in [5.41, 5.74) is 3.58. The number of benzene rings is 3. The minimum Gasteiger partial charge on any atom is -1.00 e. The summed E-state index contributed by atoms with van der Waals surface area (Å²) in [5.74, 6) is 0. The third-order valence-corrected chi connectivity index (χ3v) is 6.99. The second-order valence-electron chi connectivity index (χ2n) is 8.22. The van der Waals surface area contributed by atoms with Crippen molar-refractivity contribution in [3.05, 3.63) is 148 Å². The summed E-state index contributed by atoms with van der Waals surface area (Å²) in [5, 5.41) is 4.96. The van der Waals surface area contributed by atoms with Gasteiger partial charge >= 0.3 is 19.5 Å². The van der Waals surface area contributed by atoms with Crippen LogP contribution in [0, 0.1) is 37.3 Å². The summed E-state index contributed by atoms with van der Waals surface area (Å²) in [6, 6.07) is 39.0. The summed E-state index contributed by atoms with van der Waals surface area (Å²) in [6.45, 7) is 2.45. The molecule has 0 heterocycles. The first-order valence-corrected chi connectivity index (χ1v) is 12.9. The second-order valence-corrected chi connectivity index (χ2v) is 9.85. The van der Waals surface area contributed by atoms with Crippen LogP contribution < -0.4 is 12.4 Å². The molecule has 37 heavy (non-hydrogen) atoms. The predicted octanol–water partition coefficient (Wildman–Crippen LogP) is 3.55. The molecule has 0 saturated heterocycles. The molecule has 0 spiro atoms. The van der Waals surface area contributed by atoms with Crippen LogP contribution in [0.1, 0.15) is 40.8 Å². The van der Waals surface area contributed by atoms with E-state index in [4.69, 9.17) is 5.32 Å². The van der Waals surface area contributed by atoms with E-state index in [0.717, 1.165) is 35.1 Å². The van der Waals surface area contributed by atoms with Gasteiger partial charge in [-0.15, -0.1) is 18.6 Å². The zero-order valence-electron chi connectivity index (χ0n) is 20.2. The van der Waals surface area contributed by atoms with E-state index < -0.39 is 22.1 Å². The van der Waals surface area contributed by atoms with E-state index in [1.807, 2.05) is 67.6 Å². The van der Waals surface area contributed by atoms with E-state index in [2.05, 4.69) is 35.1 Å². The average molecular weight is 614 g/mol. The van der Waals surface area contributed by atoms with Crippen molar-refractivity contribution in [2.24, 2.45) is 0 Å². The fourth-order valence-electron chi connectivity index (χ4n) is 3.80. The fraction of sp³-hybridized carbons (Fsp3) is 0.200. The van der Waals surface area contributed by atoms with Gasteiger partial charge in [0, 0.05) is 10.5 Å². The van der Waals surface area contributed by atoms with E-state index in [1.165, 1.54) is 0 Å². The van der Waals surface area contributed by atoms with Gasteiger partial charge in [-0.25, -0.2) is 8.42 Å². The quantitative estimate of drug-likeness (QED) is 0.192. The van der Waals surface area contributed by atoms with Crippen molar-refractivity contribution in [2.45, 2.75) is 36.7 Å². The minimum atomic E-state index is -3.91. The Bertz CT molecular complexity index is 1290. The molecular weight excluding hydrogens is 589 g/mol. The maximum absolute atomic E-state index is 13.4. The van der Waals surface area contributed by atoms with Crippen LogP contribution in [0.25, 0.3) is 10.0 Å². The maximum Gasteiger partial charge on any atom is 3.00 e. The SMILES string of the molecule is Cc1ccc(S(=O)(=O)[N-]C(c2ccccc2)C([N-]CCCc2[c]c#cc#c2)c2ccccc2)cc1.[Cl-].[Ru+3]. The zero-order valence-corrected chi connectivity index (χ0v) is 23.5. The number of aryl methyl sites for hydroxylation is 2. The van der Waals surface area contributed by atoms with Crippen LogP contribution in [0.2, 0.25) is 0 Å². The molecule has 2 unspecified atom stereocenters. The molecule has 0 aliphatic heterocycles. The summed E-state index contributed by atoms with van der Waals surface area (Å²) >= 11 is 0. The Labute approximate surface area is 240 Å². The van der Waals surface area contributed by atoms with E-state index >= 15 is 0 Å². The third-order valence-electron chi connectivity index (χ3n) is 5.61. The van der Waals surface area contributed by atoms with Crippen LogP contribution in [0.5, 0.6) is 0 Å². The normalized spacial score (nSPS) is 12.1. The average Bonchev–Trinajstić information content (AvgIpc) is 2.89. The van der Waals surface area contributed by atoms with Gasteiger partial charge in [0.1, 0.15) is 10.0 Å². The van der Waals surface area contributed by atoms with Gasteiger partial charge in [0.2, 0.25) is 0 Å². The summed E-state index contributed by atoms with van der Waals surface area (Å²) < 4.78 is 31.1. The van der Waals surface area contributed by atoms with E-state index in [0.29, 0.717) is 6.54 Å². The zero-order chi connectivity index (χ0) is 24.5. The van der Waals surface area contributed by atoms with Crippen molar-refractivity contribution in [1.29, 1.82) is 0 Å². The first-order valence-electron chi connectivity index (χ1n) is 11.5. The molecule has 0 aliphatic carbocycles. The van der Waals surface area contributed by atoms with Gasteiger partial charge in [0.05, 0.1) is 6.07 Å². The Balaban J connectivity index is 0.00000241. The Hall–Kier alpha value is -2.70. The molecule has 0 bridgehead atoms. The molecule has 0 aromatic heterocycles. The summed E-state index contributed by atoms with van der Waals surface area (Å²) in [6.07, 6.45) is 1.48. The van der Waals surface area contributed by atoms with Gasteiger partial charge in [-0.3, -0.25) is 0 Å². The Morgan fingerprint density at radius 1 is 0.784 bits per heavy atom. The molecule has 0 saturated carbocycles. The molecule has 7 heteroatoms. The van der Waals surface area contributed by atoms with Crippen LogP contribution in [0.15, 0.2) is 89.8 Å². The van der Waals surface area contributed by atoms with Crippen molar-refractivity contribution < 1.29 is 40.3 Å². The van der Waals surface area contributed by atoms with Crippen molar-refractivity contribution in [3.8, 4) is 0 Å². The number of hydrogen-bond acceptors (Lipinski definition) is 2. The molecule has 2 atom stereocenters. The molecule has 188 valence electrons. The van der Waals surface area contributed by atoms with Crippen LogP contribution in [-0.2, 0) is 35.9 Å². The topological polar surface area (TPSA) is 62.3 Å². The first-order chi connectivity index (χ1) is 17.0. The third kappa shape index (κ3) is 8.68. The largest absolute Gasteiger partial charge is 3.00 e. The number of nitrogens with zero attached hydrogens (tertiary/aromatic N) is 2. The van der Waals surface area contributed by atoms with Crippen molar-refractivity contribution in [2.75, 3.05) is 6.54 Å². The molecule has 4 rings (SSSR count). The van der Waals surface area contributed by atoms with Crippen molar-refractivity contribution in [3.63, 3.8) is 0 Å². The van der Waals surface area contributed by atoms with Crippen LogP contribution in [0.4, 0.5) is 0 Å². The van der Waals surface area contributed by atoms with Gasteiger partial charge in [-0.2, -0.15) is 0 Å². The number of rotatable bonds is 11. The second kappa shape index (κ2) is 14.9. The summed E-state index contributed by atoms with van der Waals surface area (Å²) in [4.78, 5) is 0.176. The van der Waals surface area contributed by atoms with Crippen LogP contribution in [-0.4, -0.2) is 15.0 Å². The Morgan fingerprint density at radius 2 is 1.38 bits per heavy atom. The van der Waals surface area contributed by atoms with Gasteiger partial charge in [-0.1, -0.05) is 108 Å². The van der Waals surface area contributed by atoms with E-state index in [-0.39, 0.29) is 36.8 Å². The molecule has 0 amide bonds. The van der Waals surface area contributed by atoms with Gasteiger partial charge in [0.25, 0.3) is 0 Å². The molecule has 4 nitrogen and oxygen atoms in total. The van der Waals surface area contributed by atoms with Gasteiger partial charge < -0.3 is 22.4 Å². The van der Waals surface area contributed by atoms with E-state index in [1.54, 1.807) is 24.3 Å². The molecule has 4 aromatic carbocycles. The van der Waals surface area contributed by atoms with Crippen molar-refractivity contribution >= 4 is 10.0 Å². The van der Waals surface area contributed by atoms with Gasteiger partial charge in [0.15, 0.2) is 0 Å². The maximum atomic E-state index is 13.4. The number of sulfonamides is 1. The summed E-state index contributed by atoms with van der Waals surface area (Å²) in [7, 11) is -3.91. The monoisotopic (exact) mass is 614 g/mol. The smallest absolute Gasteiger partial charge is 1.00 e. The first kappa shape index (κ1) is 30.5. The molecule has 0 aliphatic rings. The standard InChI is InChI=1S/C30H25N2O2S.ClH.Ru/c1-24-19-21-28(22-20-24)35(33,34)32-30(27-17-9-4-10-18-27)29(26-15-7-3-8-16-26)31-23-11-14-25-12-5-2-6-13-25;;/h3-4,7-10,15-22,29-30H,11,14,23H2,1H3;1H;/q-2;;+3/p-1. The van der Waals surface area contributed by atoms with Gasteiger partial charge in [-0.05, 0) is 37.6 Å². The fourth-order valence-corrected chi connectivity index (χ4v) is 4.93. The van der Waals surface area contributed by atoms with E-state index in [9.17, 15) is 8.42 Å². The predicted molar refractivity (Wildman–Crippen MR) is 137 cm³/mol. The molecular formula is C30H25ClN2O2RuS. The minimum absolute atomic E-state index is 0. The molecule has 0 N–H and O–H groups in total. The molecule has 0 fully saturated rings. The van der Waals surface area contributed by atoms with Crippen molar-refractivity contribution in [1.82, 2.24) is 0 Å². The van der Waals surface area contributed by atoms with Crippen LogP contribution in [0.3, 0.4) is 0 Å².